The van der Waals surface area contributed by atoms with Gasteiger partial charge in [-0.25, -0.2) is 13.2 Å². The summed E-state index contributed by atoms with van der Waals surface area (Å²) in [7, 11) is -3.99. The fourth-order valence-corrected chi connectivity index (χ4v) is 2.47. The van der Waals surface area contributed by atoms with Crippen LogP contribution in [0.4, 0.5) is 74.6 Å². The lowest BCUT2D eigenvalue weighted by molar-refractivity contribution is -0.473. The van der Waals surface area contributed by atoms with E-state index < -0.39 is 81.5 Å². The highest BCUT2D eigenvalue weighted by atomic mass is 32.2. The zero-order valence-electron chi connectivity index (χ0n) is 16.3. The number of rotatable bonds is 10. The zero-order chi connectivity index (χ0) is 29.7. The van der Waals surface area contributed by atoms with Crippen molar-refractivity contribution in [2.45, 2.75) is 61.2 Å². The molecular weight excluding hydrogens is 589 g/mol. The van der Waals surface area contributed by atoms with Crippen LogP contribution in [0.2, 0.25) is 0 Å². The van der Waals surface area contributed by atoms with Crippen LogP contribution < -0.4 is 5.73 Å². The molecule has 0 bridgehead atoms. The molecule has 0 aromatic rings. The Bertz CT molecular complexity index is 958. The van der Waals surface area contributed by atoms with Gasteiger partial charge in [0.15, 0.2) is 10.7 Å². The van der Waals surface area contributed by atoms with Gasteiger partial charge in [-0.2, -0.15) is 74.6 Å². The van der Waals surface area contributed by atoms with Crippen molar-refractivity contribution in [2.24, 2.45) is 5.73 Å². The molecule has 0 unspecified atom stereocenters. The maximum Gasteiger partial charge on any atom is 0.473 e. The lowest BCUT2D eigenvalue weighted by atomic mass is 9.90. The molecule has 0 saturated carbocycles. The number of esters is 1. The highest BCUT2D eigenvalue weighted by Gasteiger charge is 2.95. The van der Waals surface area contributed by atoms with Gasteiger partial charge in [0.25, 0.3) is 0 Å². The summed E-state index contributed by atoms with van der Waals surface area (Å²) < 4.78 is 246. The van der Waals surface area contributed by atoms with E-state index in [4.69, 9.17) is 0 Å². The molecule has 0 spiro atoms. The van der Waals surface area contributed by atoms with E-state index in [0.29, 0.717) is 0 Å². The molecule has 214 valence electrons. The highest BCUT2D eigenvalue weighted by Crippen LogP contribution is 2.64. The molecule has 0 aromatic carbocycles. The van der Waals surface area contributed by atoms with Gasteiger partial charge in [0, 0.05) is 0 Å². The van der Waals surface area contributed by atoms with E-state index in [1.54, 1.807) is 0 Å². The molecule has 23 heteroatoms. The molecule has 0 aromatic heterocycles. The summed E-state index contributed by atoms with van der Waals surface area (Å²) in [6.07, 6.45) is -16.3. The van der Waals surface area contributed by atoms with Crippen LogP contribution in [0.25, 0.3) is 0 Å². The Morgan fingerprint density at radius 1 is 0.639 bits per heavy atom. The van der Waals surface area contributed by atoms with Crippen LogP contribution in [-0.4, -0.2) is 62.2 Å². The first kappa shape index (κ1) is 33.8. The second-order valence-corrected chi connectivity index (χ2v) is 7.38. The third-order valence-corrected chi connectivity index (χ3v) is 5.00. The van der Waals surface area contributed by atoms with Gasteiger partial charge in [-0.1, -0.05) is 6.92 Å². The van der Waals surface area contributed by atoms with Gasteiger partial charge in [0.2, 0.25) is 0 Å². The third-order valence-electron chi connectivity index (χ3n) is 4.00. The van der Waals surface area contributed by atoms with Crippen molar-refractivity contribution in [3.63, 3.8) is 0 Å². The van der Waals surface area contributed by atoms with Gasteiger partial charge in [-0.15, -0.1) is 0 Å². The topological polar surface area (TPSA) is 86.5 Å². The van der Waals surface area contributed by atoms with Crippen LogP contribution in [-0.2, 0) is 20.2 Å². The number of carbonyl (C=O) groups excluding carboxylic acids is 1. The quantitative estimate of drug-likeness (QED) is 0.165. The van der Waals surface area contributed by atoms with Crippen molar-refractivity contribution in [2.75, 3.05) is 0 Å². The van der Waals surface area contributed by atoms with Crippen LogP contribution in [0.15, 0.2) is 10.6 Å². The third kappa shape index (κ3) is 4.73. The van der Waals surface area contributed by atoms with Gasteiger partial charge in [0.1, 0.15) is 5.70 Å². The first-order chi connectivity index (χ1) is 15.4. The largest absolute Gasteiger partial charge is 0.473 e. The Kier molecular flexibility index (Phi) is 8.69. The molecule has 0 aliphatic heterocycles. The Labute approximate surface area is 188 Å². The molecule has 5 nitrogen and oxygen atoms in total. The second kappa shape index (κ2) is 9.26. The summed E-state index contributed by atoms with van der Waals surface area (Å²) in [5.41, 5.74) is 2.56. The minimum Gasteiger partial charge on any atom is -0.392 e. The molecule has 2 N–H and O–H groups in total. The van der Waals surface area contributed by atoms with E-state index in [2.05, 4.69) is 10.5 Å². The number of nitrogens with two attached hydrogens (primary N) is 1. The van der Waals surface area contributed by atoms with E-state index in [1.165, 1.54) is 0 Å². The number of hydrogen-bond acceptors (Lipinski definition) is 5. The number of carbonyl (C=O) groups is 1. The summed E-state index contributed by atoms with van der Waals surface area (Å²) >= 11 is 0. The number of alkyl halides is 17. The molecule has 0 radical (unpaired) electrons. The summed E-state index contributed by atoms with van der Waals surface area (Å²) in [6.45, 7) is 0.807. The molecule has 0 fully saturated rings. The number of halogens is 17. The number of allylic oxidation sites excluding steroid dienone is 1. The van der Waals surface area contributed by atoms with E-state index in [1.807, 2.05) is 0 Å². The standard InChI is InChI=1S/C13H8F17NO4S/c1-2-3(36(33)34)4(31)5(32)35-13(29,30)11(24,25)9(20,21)7(16,17)6(14,15)8(18,19)10(22,23)12(26,27)28/h36H,2,31H2,1H3. The van der Waals surface area contributed by atoms with E-state index in [-0.39, 0.29) is 0 Å². The summed E-state index contributed by atoms with van der Waals surface area (Å²) in [6, 6.07) is 0. The molecular formula is C13H8F17NO4S. The molecule has 0 aliphatic rings. The van der Waals surface area contributed by atoms with Crippen LogP contribution >= 0.6 is 0 Å². The molecule has 0 aliphatic carbocycles. The number of thiol groups is 1. The summed E-state index contributed by atoms with van der Waals surface area (Å²) in [5.74, 6) is -54.9. The van der Waals surface area contributed by atoms with E-state index in [0.717, 1.165) is 6.92 Å². The van der Waals surface area contributed by atoms with Gasteiger partial charge >= 0.3 is 53.8 Å². The average molecular weight is 597 g/mol. The smallest absolute Gasteiger partial charge is 0.392 e. The van der Waals surface area contributed by atoms with Crippen molar-refractivity contribution in [3.8, 4) is 0 Å². The Morgan fingerprint density at radius 3 is 1.22 bits per heavy atom. The minimum absolute atomic E-state index is 0.807. The van der Waals surface area contributed by atoms with Gasteiger partial charge in [-0.3, -0.25) is 0 Å². The van der Waals surface area contributed by atoms with Crippen molar-refractivity contribution in [1.29, 1.82) is 0 Å². The maximum absolute atomic E-state index is 13.6. The zero-order valence-corrected chi connectivity index (χ0v) is 17.2. The molecule has 0 atom stereocenters. The van der Waals surface area contributed by atoms with Crippen molar-refractivity contribution >= 4 is 16.7 Å². The average Bonchev–Trinajstić information content (AvgIpc) is 2.65. The first-order valence-corrected chi connectivity index (χ1v) is 9.19. The Morgan fingerprint density at radius 2 is 0.944 bits per heavy atom. The number of hydrogen-bond donors (Lipinski definition) is 2. The first-order valence-electron chi connectivity index (χ1n) is 8.01. The van der Waals surface area contributed by atoms with Crippen molar-refractivity contribution < 1.29 is 92.6 Å². The van der Waals surface area contributed by atoms with E-state index >= 15 is 0 Å². The second-order valence-electron chi connectivity index (χ2n) is 6.32. The molecule has 0 heterocycles. The normalized spacial score (nSPS) is 16.2. The Balaban J connectivity index is 6.78. The molecule has 0 rings (SSSR count). The van der Waals surface area contributed by atoms with Crippen LogP contribution in [0, 0.1) is 0 Å². The summed E-state index contributed by atoms with van der Waals surface area (Å²) in [4.78, 5) is 9.86. The van der Waals surface area contributed by atoms with Crippen molar-refractivity contribution in [3.05, 3.63) is 10.6 Å². The van der Waals surface area contributed by atoms with Gasteiger partial charge < -0.3 is 10.5 Å². The van der Waals surface area contributed by atoms with Gasteiger partial charge in [-0.05, 0) is 6.42 Å². The monoisotopic (exact) mass is 597 g/mol. The van der Waals surface area contributed by atoms with Crippen LogP contribution in [0.5, 0.6) is 0 Å². The highest BCUT2D eigenvalue weighted by molar-refractivity contribution is 7.76. The predicted octanol–water partition coefficient (Wildman–Crippen LogP) is 4.69. The Hall–Kier alpha value is -2.23. The lowest BCUT2D eigenvalue weighted by Crippen LogP contribution is -2.74. The molecule has 36 heavy (non-hydrogen) atoms. The van der Waals surface area contributed by atoms with Crippen LogP contribution in [0.1, 0.15) is 13.3 Å². The molecule has 0 saturated heterocycles. The summed E-state index contributed by atoms with van der Waals surface area (Å²) in [5, 5.41) is 0. The fraction of sp³-hybridized carbons (Fsp3) is 0.769. The van der Waals surface area contributed by atoms with Gasteiger partial charge in [0.05, 0.1) is 4.91 Å². The van der Waals surface area contributed by atoms with Crippen LogP contribution in [0.3, 0.4) is 0 Å². The SMILES string of the molecule is CCC(=C(N)C(=O)OC(F)(F)C(F)(F)C(F)(F)C(F)(F)C(F)(F)C(F)(F)C(F)(F)C(F)(F)F)[SH](=O)=O. The van der Waals surface area contributed by atoms with E-state index in [9.17, 15) is 87.8 Å². The lowest BCUT2D eigenvalue weighted by Gasteiger charge is -2.42. The maximum atomic E-state index is 13.6. The molecule has 0 amide bonds. The minimum atomic E-state index is -8.86. The number of ether oxygens (including phenoxy) is 1. The van der Waals surface area contributed by atoms with Crippen molar-refractivity contribution in [1.82, 2.24) is 0 Å². The predicted molar refractivity (Wildman–Crippen MR) is 78.6 cm³/mol. The fourth-order valence-electron chi connectivity index (χ4n) is 1.92.